The van der Waals surface area contributed by atoms with Crippen LogP contribution in [0.15, 0.2) is 30.3 Å². The van der Waals surface area contributed by atoms with Crippen LogP contribution in [0, 0.1) is 0 Å². The van der Waals surface area contributed by atoms with Gasteiger partial charge in [-0.05, 0) is 25.0 Å². The minimum Gasteiger partial charge on any atom is -0.494 e. The number of aliphatic carboxylic acids is 1. The van der Waals surface area contributed by atoms with Crippen LogP contribution in [0.4, 0.5) is 0 Å². The van der Waals surface area contributed by atoms with Gasteiger partial charge >= 0.3 is 5.97 Å². The van der Waals surface area contributed by atoms with Gasteiger partial charge < -0.3 is 15.2 Å². The van der Waals surface area contributed by atoms with Gasteiger partial charge in [-0.1, -0.05) is 18.2 Å². The summed E-state index contributed by atoms with van der Waals surface area (Å²) < 4.78 is 5.50. The van der Waals surface area contributed by atoms with E-state index >= 15 is 0 Å². The highest BCUT2D eigenvalue weighted by atomic mass is 16.5. The van der Waals surface area contributed by atoms with Crippen LogP contribution in [-0.2, 0) is 9.59 Å². The van der Waals surface area contributed by atoms with Gasteiger partial charge in [0.1, 0.15) is 5.75 Å². The Hall–Kier alpha value is -2.04. The second kappa shape index (κ2) is 8.97. The lowest BCUT2D eigenvalue weighted by Crippen LogP contribution is -2.25. The fourth-order valence-corrected chi connectivity index (χ4v) is 1.47. The molecule has 0 saturated heterocycles. The van der Waals surface area contributed by atoms with E-state index in [0.717, 1.165) is 18.6 Å². The molecule has 2 N–H and O–H groups in total. The number of carbonyl (C=O) groups is 2. The largest absolute Gasteiger partial charge is 0.494 e. The summed E-state index contributed by atoms with van der Waals surface area (Å²) in [7, 11) is 0. The number of rotatable bonds is 9. The standard InChI is InChI=1S/C14H19NO4/c16-13(8-9-14(17)18)15-10-4-5-11-19-12-6-2-1-3-7-12/h1-3,6-7H,4-5,8-11H2,(H,15,16)(H,17,18). The number of carboxylic acid groups (broad SMARTS) is 1. The maximum atomic E-state index is 11.2. The first kappa shape index (κ1) is 15.0. The number of hydrogen-bond acceptors (Lipinski definition) is 3. The molecule has 0 heterocycles. The first-order valence-corrected chi connectivity index (χ1v) is 6.35. The molecule has 0 radical (unpaired) electrons. The molecule has 0 aliphatic heterocycles. The topological polar surface area (TPSA) is 75.6 Å². The molecule has 0 spiro atoms. The van der Waals surface area contributed by atoms with Gasteiger partial charge in [0.25, 0.3) is 0 Å². The summed E-state index contributed by atoms with van der Waals surface area (Å²) in [6.45, 7) is 1.16. The Morgan fingerprint density at radius 3 is 2.53 bits per heavy atom. The Morgan fingerprint density at radius 1 is 1.11 bits per heavy atom. The van der Waals surface area contributed by atoms with Crippen LogP contribution >= 0.6 is 0 Å². The molecule has 1 aromatic rings. The Bertz CT molecular complexity index is 392. The molecule has 1 amide bonds. The van der Waals surface area contributed by atoms with Gasteiger partial charge in [-0.25, -0.2) is 0 Å². The zero-order valence-electron chi connectivity index (χ0n) is 10.8. The highest BCUT2D eigenvalue weighted by Gasteiger charge is 2.03. The molecule has 0 aromatic heterocycles. The Balaban J connectivity index is 1.96. The number of carbonyl (C=O) groups excluding carboxylic acids is 1. The first-order valence-electron chi connectivity index (χ1n) is 6.35. The Morgan fingerprint density at radius 2 is 1.84 bits per heavy atom. The van der Waals surface area contributed by atoms with Crippen molar-refractivity contribution in [2.24, 2.45) is 0 Å². The summed E-state index contributed by atoms with van der Waals surface area (Å²) in [6, 6.07) is 9.55. The van der Waals surface area contributed by atoms with E-state index < -0.39 is 5.97 Å². The molecule has 0 fully saturated rings. The fraction of sp³-hybridized carbons (Fsp3) is 0.429. The molecule has 104 valence electrons. The van der Waals surface area contributed by atoms with Gasteiger partial charge in [0.15, 0.2) is 0 Å². The number of carboxylic acids is 1. The molecular formula is C14H19NO4. The third kappa shape index (κ3) is 7.81. The third-order valence-corrected chi connectivity index (χ3v) is 2.47. The summed E-state index contributed by atoms with van der Waals surface area (Å²) >= 11 is 0. The van der Waals surface area contributed by atoms with Gasteiger partial charge in [-0.3, -0.25) is 9.59 Å². The number of benzene rings is 1. The number of amides is 1. The van der Waals surface area contributed by atoms with Gasteiger partial charge in [-0.15, -0.1) is 0 Å². The van der Waals surface area contributed by atoms with Crippen molar-refractivity contribution < 1.29 is 19.4 Å². The molecule has 5 nitrogen and oxygen atoms in total. The highest BCUT2D eigenvalue weighted by Crippen LogP contribution is 2.08. The number of para-hydroxylation sites is 1. The molecule has 0 atom stereocenters. The van der Waals surface area contributed by atoms with Gasteiger partial charge in [-0.2, -0.15) is 0 Å². The van der Waals surface area contributed by atoms with E-state index in [1.807, 2.05) is 30.3 Å². The zero-order valence-corrected chi connectivity index (χ0v) is 10.8. The van der Waals surface area contributed by atoms with Crippen molar-refractivity contribution in [2.75, 3.05) is 13.2 Å². The highest BCUT2D eigenvalue weighted by molar-refractivity contribution is 5.80. The molecule has 0 saturated carbocycles. The number of nitrogens with one attached hydrogen (secondary N) is 1. The van der Waals surface area contributed by atoms with Crippen LogP contribution in [0.3, 0.4) is 0 Å². The summed E-state index contributed by atoms with van der Waals surface area (Å²) in [4.78, 5) is 21.5. The van der Waals surface area contributed by atoms with E-state index in [1.165, 1.54) is 0 Å². The maximum Gasteiger partial charge on any atom is 0.303 e. The van der Waals surface area contributed by atoms with Gasteiger partial charge in [0, 0.05) is 13.0 Å². The lowest BCUT2D eigenvalue weighted by Gasteiger charge is -2.06. The van der Waals surface area contributed by atoms with E-state index in [4.69, 9.17) is 9.84 Å². The predicted octanol–water partition coefficient (Wildman–Crippen LogP) is 1.83. The number of ether oxygens (including phenoxy) is 1. The van der Waals surface area contributed by atoms with Crippen LogP contribution in [0.5, 0.6) is 5.75 Å². The normalized spacial score (nSPS) is 9.89. The average molecular weight is 265 g/mol. The van der Waals surface area contributed by atoms with Crippen LogP contribution < -0.4 is 10.1 Å². The fourth-order valence-electron chi connectivity index (χ4n) is 1.47. The van der Waals surface area contributed by atoms with E-state index in [9.17, 15) is 9.59 Å². The number of hydrogen-bond donors (Lipinski definition) is 2. The van der Waals surface area contributed by atoms with Crippen LogP contribution in [0.1, 0.15) is 25.7 Å². The van der Waals surface area contributed by atoms with Crippen LogP contribution in [0.25, 0.3) is 0 Å². The van der Waals surface area contributed by atoms with E-state index in [-0.39, 0.29) is 18.7 Å². The summed E-state index contributed by atoms with van der Waals surface area (Å²) in [6.07, 6.45) is 1.57. The summed E-state index contributed by atoms with van der Waals surface area (Å²) in [5.74, 6) is -0.328. The van der Waals surface area contributed by atoms with Crippen molar-refractivity contribution >= 4 is 11.9 Å². The van der Waals surface area contributed by atoms with Crippen molar-refractivity contribution in [1.82, 2.24) is 5.32 Å². The molecule has 0 aliphatic rings. The van der Waals surface area contributed by atoms with Crippen molar-refractivity contribution in [2.45, 2.75) is 25.7 Å². The monoisotopic (exact) mass is 265 g/mol. The Labute approximate surface area is 112 Å². The van der Waals surface area contributed by atoms with E-state index in [2.05, 4.69) is 5.32 Å². The third-order valence-electron chi connectivity index (χ3n) is 2.47. The smallest absolute Gasteiger partial charge is 0.303 e. The van der Waals surface area contributed by atoms with E-state index in [0.29, 0.717) is 13.2 Å². The second-order valence-electron chi connectivity index (χ2n) is 4.11. The predicted molar refractivity (Wildman–Crippen MR) is 71.1 cm³/mol. The van der Waals surface area contributed by atoms with Crippen LogP contribution in [-0.4, -0.2) is 30.1 Å². The zero-order chi connectivity index (χ0) is 13.9. The van der Waals surface area contributed by atoms with Crippen molar-refractivity contribution in [1.29, 1.82) is 0 Å². The average Bonchev–Trinajstić information content (AvgIpc) is 2.41. The molecule has 0 aliphatic carbocycles. The van der Waals surface area contributed by atoms with Crippen molar-refractivity contribution in [3.8, 4) is 5.75 Å². The van der Waals surface area contributed by atoms with E-state index in [1.54, 1.807) is 0 Å². The lowest BCUT2D eigenvalue weighted by atomic mass is 10.3. The molecule has 19 heavy (non-hydrogen) atoms. The maximum absolute atomic E-state index is 11.2. The Kier molecular flexibility index (Phi) is 7.09. The summed E-state index contributed by atoms with van der Waals surface area (Å²) in [5.41, 5.74) is 0. The van der Waals surface area contributed by atoms with Crippen molar-refractivity contribution in [3.05, 3.63) is 30.3 Å². The SMILES string of the molecule is O=C(O)CCC(=O)NCCCCOc1ccccc1. The molecule has 0 bridgehead atoms. The minimum atomic E-state index is -0.952. The lowest BCUT2D eigenvalue weighted by molar-refractivity contribution is -0.138. The van der Waals surface area contributed by atoms with Crippen molar-refractivity contribution in [3.63, 3.8) is 0 Å². The quantitative estimate of drug-likeness (QED) is 0.668. The van der Waals surface area contributed by atoms with Gasteiger partial charge in [0.2, 0.25) is 5.91 Å². The number of unbranched alkanes of at least 4 members (excludes halogenated alkanes) is 1. The molecule has 1 aromatic carbocycles. The molecule has 0 unspecified atom stereocenters. The minimum absolute atomic E-state index is 0.0375. The molecule has 1 rings (SSSR count). The molecular weight excluding hydrogens is 246 g/mol. The van der Waals surface area contributed by atoms with Gasteiger partial charge in [0.05, 0.1) is 13.0 Å². The first-order chi connectivity index (χ1) is 9.18. The second-order valence-corrected chi connectivity index (χ2v) is 4.11. The summed E-state index contributed by atoms with van der Waals surface area (Å²) in [5, 5.41) is 11.1. The molecule has 5 heteroatoms. The van der Waals surface area contributed by atoms with Crippen LogP contribution in [0.2, 0.25) is 0 Å².